The summed E-state index contributed by atoms with van der Waals surface area (Å²) in [6.45, 7) is 4.97. The summed E-state index contributed by atoms with van der Waals surface area (Å²) < 4.78 is 4.37. The maximum atomic E-state index is 7.52. The highest BCUT2D eigenvalue weighted by molar-refractivity contribution is 5.94. The van der Waals surface area contributed by atoms with Crippen molar-refractivity contribution in [1.29, 1.82) is 5.41 Å². The van der Waals surface area contributed by atoms with Gasteiger partial charge in [0.05, 0.1) is 16.7 Å². The van der Waals surface area contributed by atoms with Crippen LogP contribution in [0.3, 0.4) is 0 Å². The number of benzene rings is 2. The fourth-order valence-electron chi connectivity index (χ4n) is 3.75. The molecule has 3 N–H and O–H groups in total. The highest BCUT2D eigenvalue weighted by Crippen LogP contribution is 2.20. The smallest absolute Gasteiger partial charge is 0.122 e. The minimum absolute atomic E-state index is 0. The number of halogens is 2. The van der Waals surface area contributed by atoms with Crippen molar-refractivity contribution in [2.24, 2.45) is 12.8 Å². The zero-order valence-corrected chi connectivity index (χ0v) is 19.6. The van der Waals surface area contributed by atoms with Crippen molar-refractivity contribution in [3.63, 3.8) is 0 Å². The van der Waals surface area contributed by atoms with Gasteiger partial charge in [0.15, 0.2) is 0 Å². The first kappa shape index (κ1) is 24.4. The van der Waals surface area contributed by atoms with Crippen molar-refractivity contribution in [3.8, 4) is 0 Å². The normalized spacial score (nSPS) is 10.5. The van der Waals surface area contributed by atoms with Gasteiger partial charge in [-0.15, -0.1) is 24.8 Å². The lowest BCUT2D eigenvalue weighted by atomic mass is 10.1. The van der Waals surface area contributed by atoms with Gasteiger partial charge in [0.1, 0.15) is 17.5 Å². The van der Waals surface area contributed by atoms with Crippen LogP contribution in [0, 0.1) is 12.3 Å². The third kappa shape index (κ3) is 5.09. The Hall–Kier alpha value is -2.83. The van der Waals surface area contributed by atoms with E-state index >= 15 is 0 Å². The molecule has 0 fully saturated rings. The van der Waals surface area contributed by atoms with Gasteiger partial charge < -0.3 is 14.9 Å². The van der Waals surface area contributed by atoms with E-state index in [1.165, 1.54) is 5.56 Å². The van der Waals surface area contributed by atoms with Gasteiger partial charge >= 0.3 is 0 Å². The second-order valence-electron chi connectivity index (χ2n) is 7.48. The summed E-state index contributed by atoms with van der Waals surface area (Å²) in [5.41, 5.74) is 11.8. The minimum atomic E-state index is 0. The van der Waals surface area contributed by atoms with Crippen molar-refractivity contribution in [3.05, 3.63) is 82.7 Å². The Balaban J connectivity index is 0.00000171. The lowest BCUT2D eigenvalue weighted by molar-refractivity contribution is 0.732. The summed E-state index contributed by atoms with van der Waals surface area (Å²) in [5, 5.41) is 7.52. The molecule has 2 aromatic heterocycles. The number of nitrogens with zero attached hydrogens (tertiary/aromatic N) is 4. The summed E-state index contributed by atoms with van der Waals surface area (Å²) in [6, 6.07) is 14.3. The largest absolute Gasteiger partial charge is 0.384 e. The van der Waals surface area contributed by atoms with Crippen molar-refractivity contribution < 1.29 is 0 Å². The maximum absolute atomic E-state index is 7.52. The standard InChI is InChI=1S/C23H26N6.2ClH/c1-4-21-26-15(2)13-29(21)14-17-7-10-20-19(11-17)27-22(28(20)3)12-16-5-8-18(9-6-16)23(24)25;;/h5-11,13H,4,12,14H2,1-3H3,(H3,24,25);2*1H. The monoisotopic (exact) mass is 458 g/mol. The molecule has 2 aromatic carbocycles. The number of nitrogens with one attached hydrogen (secondary N) is 1. The van der Waals surface area contributed by atoms with Gasteiger partial charge in [-0.25, -0.2) is 9.97 Å². The highest BCUT2D eigenvalue weighted by atomic mass is 35.5. The van der Waals surface area contributed by atoms with E-state index in [4.69, 9.17) is 16.1 Å². The minimum Gasteiger partial charge on any atom is -0.384 e. The number of hydrogen-bond donors (Lipinski definition) is 2. The fraction of sp³-hybridized carbons (Fsp3) is 0.261. The Kier molecular flexibility index (Phi) is 7.87. The predicted molar refractivity (Wildman–Crippen MR) is 131 cm³/mol. The zero-order valence-electron chi connectivity index (χ0n) is 17.9. The van der Waals surface area contributed by atoms with Gasteiger partial charge in [-0.3, -0.25) is 5.41 Å². The number of nitrogen functional groups attached to an aromatic ring is 1. The molecule has 164 valence electrons. The quantitative estimate of drug-likeness (QED) is 0.331. The molecule has 4 rings (SSSR count). The summed E-state index contributed by atoms with van der Waals surface area (Å²) in [6.07, 6.45) is 3.77. The number of aryl methyl sites for hydroxylation is 3. The summed E-state index contributed by atoms with van der Waals surface area (Å²) >= 11 is 0. The van der Waals surface area contributed by atoms with Crippen LogP contribution in [0.5, 0.6) is 0 Å². The lowest BCUT2D eigenvalue weighted by Gasteiger charge is -2.07. The average molecular weight is 459 g/mol. The van der Waals surface area contributed by atoms with Crippen molar-refractivity contribution >= 4 is 41.7 Å². The first-order chi connectivity index (χ1) is 13.9. The van der Waals surface area contributed by atoms with Crippen LogP contribution in [0.15, 0.2) is 48.7 Å². The first-order valence-corrected chi connectivity index (χ1v) is 9.84. The van der Waals surface area contributed by atoms with Crippen LogP contribution in [-0.4, -0.2) is 24.9 Å². The number of fused-ring (bicyclic) bond motifs is 1. The van der Waals surface area contributed by atoms with Crippen LogP contribution in [0.25, 0.3) is 11.0 Å². The van der Waals surface area contributed by atoms with Crippen LogP contribution in [0.4, 0.5) is 0 Å². The van der Waals surface area contributed by atoms with Gasteiger partial charge in [-0.05, 0) is 30.2 Å². The highest BCUT2D eigenvalue weighted by Gasteiger charge is 2.11. The Morgan fingerprint density at radius 2 is 1.68 bits per heavy atom. The molecule has 2 heterocycles. The van der Waals surface area contributed by atoms with Crippen molar-refractivity contribution in [1.82, 2.24) is 19.1 Å². The number of aromatic nitrogens is 4. The molecule has 0 aliphatic rings. The average Bonchev–Trinajstić information content (AvgIpc) is 3.21. The number of rotatable bonds is 6. The van der Waals surface area contributed by atoms with Gasteiger partial charge in [0, 0.05) is 38.2 Å². The first-order valence-electron chi connectivity index (χ1n) is 9.84. The van der Waals surface area contributed by atoms with E-state index in [2.05, 4.69) is 52.5 Å². The van der Waals surface area contributed by atoms with E-state index in [1.54, 1.807) is 0 Å². The Labute approximate surface area is 194 Å². The second-order valence-corrected chi connectivity index (χ2v) is 7.48. The Bertz CT molecular complexity index is 1190. The van der Waals surface area contributed by atoms with Gasteiger partial charge in [-0.2, -0.15) is 0 Å². The summed E-state index contributed by atoms with van der Waals surface area (Å²) in [4.78, 5) is 9.48. The molecule has 6 nitrogen and oxygen atoms in total. The molecule has 4 aromatic rings. The second kappa shape index (κ2) is 9.98. The Morgan fingerprint density at radius 3 is 2.32 bits per heavy atom. The van der Waals surface area contributed by atoms with Crippen LogP contribution in [0.1, 0.15) is 41.0 Å². The third-order valence-electron chi connectivity index (χ3n) is 5.31. The maximum Gasteiger partial charge on any atom is 0.122 e. The van der Waals surface area contributed by atoms with Crippen LogP contribution in [0.2, 0.25) is 0 Å². The molecule has 0 spiro atoms. The number of nitrogens with two attached hydrogens (primary N) is 1. The van der Waals surface area contributed by atoms with Crippen LogP contribution < -0.4 is 5.73 Å². The van der Waals surface area contributed by atoms with Crippen LogP contribution in [-0.2, 0) is 26.4 Å². The fourth-order valence-corrected chi connectivity index (χ4v) is 3.75. The van der Waals surface area contributed by atoms with Gasteiger partial charge in [0.25, 0.3) is 0 Å². The molecular formula is C23H28Cl2N6. The molecule has 0 radical (unpaired) electrons. The summed E-state index contributed by atoms with van der Waals surface area (Å²) in [5.74, 6) is 2.21. The van der Waals surface area contributed by atoms with E-state index in [0.29, 0.717) is 0 Å². The molecule has 0 unspecified atom stereocenters. The molecule has 31 heavy (non-hydrogen) atoms. The molecule has 0 aliphatic carbocycles. The zero-order chi connectivity index (χ0) is 20.5. The predicted octanol–water partition coefficient (Wildman–Crippen LogP) is 4.41. The molecule has 0 aliphatic heterocycles. The van der Waals surface area contributed by atoms with Crippen molar-refractivity contribution in [2.75, 3.05) is 0 Å². The molecule has 0 bridgehead atoms. The Morgan fingerprint density at radius 1 is 1.00 bits per heavy atom. The number of imidazole rings is 2. The summed E-state index contributed by atoms with van der Waals surface area (Å²) in [7, 11) is 2.06. The topological polar surface area (TPSA) is 85.5 Å². The van der Waals surface area contributed by atoms with Gasteiger partial charge in [-0.1, -0.05) is 37.3 Å². The van der Waals surface area contributed by atoms with E-state index in [1.807, 2.05) is 31.2 Å². The van der Waals surface area contributed by atoms with Crippen LogP contribution >= 0.6 is 24.8 Å². The number of hydrogen-bond acceptors (Lipinski definition) is 3. The SMILES string of the molecule is CCc1nc(C)cn1Cc1ccc2c(c1)nc(Cc1ccc(C(=N)N)cc1)n2C.Cl.Cl. The molecule has 8 heteroatoms. The molecule has 0 saturated carbocycles. The van der Waals surface area contributed by atoms with E-state index in [-0.39, 0.29) is 30.6 Å². The molecule has 0 atom stereocenters. The van der Waals surface area contributed by atoms with E-state index in [9.17, 15) is 0 Å². The number of amidine groups is 1. The lowest BCUT2D eigenvalue weighted by Crippen LogP contribution is -2.10. The molecule has 0 saturated heterocycles. The molecule has 0 amide bonds. The van der Waals surface area contributed by atoms with E-state index in [0.717, 1.165) is 58.9 Å². The van der Waals surface area contributed by atoms with Crippen molar-refractivity contribution in [2.45, 2.75) is 33.2 Å². The van der Waals surface area contributed by atoms with Gasteiger partial charge in [0.2, 0.25) is 0 Å². The third-order valence-corrected chi connectivity index (χ3v) is 5.31. The van der Waals surface area contributed by atoms with E-state index < -0.39 is 0 Å². The molecular weight excluding hydrogens is 431 g/mol.